The molecule has 3 heteroatoms. The van der Waals surface area contributed by atoms with Gasteiger partial charge in [0.15, 0.2) is 0 Å². The van der Waals surface area contributed by atoms with Crippen molar-refractivity contribution >= 4 is 17.5 Å². The van der Waals surface area contributed by atoms with E-state index in [2.05, 4.69) is 32.9 Å². The quantitative estimate of drug-likeness (QED) is 0.755. The van der Waals surface area contributed by atoms with Crippen LogP contribution in [-0.2, 0) is 11.3 Å². The van der Waals surface area contributed by atoms with Gasteiger partial charge in [0.25, 0.3) is 0 Å². The number of rotatable bonds is 4. The number of halogens is 1. The average Bonchev–Trinajstić information content (AvgIpc) is 2.26. The fourth-order valence-corrected chi connectivity index (χ4v) is 1.97. The first-order valence-corrected chi connectivity index (χ1v) is 6.35. The summed E-state index contributed by atoms with van der Waals surface area (Å²) in [6, 6.07) is 4.33. The molecule has 0 aromatic heterocycles. The van der Waals surface area contributed by atoms with Gasteiger partial charge in [0, 0.05) is 25.9 Å². The molecule has 1 rings (SSSR count). The first-order chi connectivity index (χ1) is 7.95. The van der Waals surface area contributed by atoms with Crippen LogP contribution in [0.25, 0.3) is 0 Å². The van der Waals surface area contributed by atoms with Gasteiger partial charge in [0.2, 0.25) is 5.91 Å². The fraction of sp³-hybridized carbons (Fsp3) is 0.500. The van der Waals surface area contributed by atoms with Crippen LogP contribution in [0.1, 0.15) is 28.7 Å². The molecule has 1 aromatic rings. The second-order valence-electron chi connectivity index (χ2n) is 4.55. The zero-order valence-corrected chi connectivity index (χ0v) is 11.8. The normalized spacial score (nSPS) is 10.4. The number of aryl methyl sites for hydroxylation is 3. The van der Waals surface area contributed by atoms with Crippen molar-refractivity contribution in [1.82, 2.24) is 4.90 Å². The Bertz CT molecular complexity index is 415. The molecule has 1 aromatic carbocycles. The van der Waals surface area contributed by atoms with Crippen LogP contribution in [0.3, 0.4) is 0 Å². The predicted octanol–water partition coefficient (Wildman–Crippen LogP) is 3.20. The molecule has 0 radical (unpaired) electrons. The molecule has 0 N–H and O–H groups in total. The Morgan fingerprint density at radius 2 is 1.76 bits per heavy atom. The van der Waals surface area contributed by atoms with Crippen LogP contribution in [0, 0.1) is 20.8 Å². The summed E-state index contributed by atoms with van der Waals surface area (Å²) >= 11 is 5.57. The minimum atomic E-state index is 0.0950. The minimum Gasteiger partial charge on any atom is -0.341 e. The lowest BCUT2D eigenvalue weighted by atomic mass is 10.0. The zero-order valence-electron chi connectivity index (χ0n) is 11.0. The number of alkyl halides is 1. The average molecular weight is 254 g/mol. The summed E-state index contributed by atoms with van der Waals surface area (Å²) in [7, 11) is 1.82. The van der Waals surface area contributed by atoms with E-state index in [9.17, 15) is 4.79 Å². The van der Waals surface area contributed by atoms with E-state index < -0.39 is 0 Å². The SMILES string of the molecule is Cc1cc(C)c(CN(C)C(=O)CCCl)cc1C. The van der Waals surface area contributed by atoms with Crippen molar-refractivity contribution in [2.75, 3.05) is 12.9 Å². The number of carbonyl (C=O) groups excluding carboxylic acids is 1. The van der Waals surface area contributed by atoms with Crippen LogP contribution >= 0.6 is 11.6 Å². The van der Waals surface area contributed by atoms with Gasteiger partial charge in [-0.25, -0.2) is 0 Å². The van der Waals surface area contributed by atoms with E-state index >= 15 is 0 Å². The van der Waals surface area contributed by atoms with E-state index in [-0.39, 0.29) is 5.91 Å². The summed E-state index contributed by atoms with van der Waals surface area (Å²) in [5.41, 5.74) is 5.00. The topological polar surface area (TPSA) is 20.3 Å². The van der Waals surface area contributed by atoms with Crippen molar-refractivity contribution in [2.45, 2.75) is 33.7 Å². The first kappa shape index (κ1) is 14.0. The number of benzene rings is 1. The van der Waals surface area contributed by atoms with E-state index in [1.54, 1.807) is 4.90 Å². The van der Waals surface area contributed by atoms with E-state index in [0.29, 0.717) is 18.8 Å². The lowest BCUT2D eigenvalue weighted by molar-refractivity contribution is -0.129. The molecular weight excluding hydrogens is 234 g/mol. The molecule has 0 saturated heterocycles. The van der Waals surface area contributed by atoms with Crippen LogP contribution in [-0.4, -0.2) is 23.7 Å². The molecule has 2 nitrogen and oxygen atoms in total. The van der Waals surface area contributed by atoms with Crippen molar-refractivity contribution < 1.29 is 4.79 Å². The number of hydrogen-bond donors (Lipinski definition) is 0. The molecular formula is C14H20ClNO. The standard InChI is InChI=1S/C14H20ClNO/c1-10-7-12(3)13(8-11(10)2)9-16(4)14(17)5-6-15/h7-8H,5-6,9H2,1-4H3. The molecule has 0 fully saturated rings. The lowest BCUT2D eigenvalue weighted by Gasteiger charge is -2.19. The molecule has 0 aliphatic rings. The summed E-state index contributed by atoms with van der Waals surface area (Å²) in [5, 5.41) is 0. The molecule has 17 heavy (non-hydrogen) atoms. The highest BCUT2D eigenvalue weighted by Crippen LogP contribution is 2.17. The van der Waals surface area contributed by atoms with Crippen molar-refractivity contribution in [3.8, 4) is 0 Å². The van der Waals surface area contributed by atoms with Gasteiger partial charge >= 0.3 is 0 Å². The van der Waals surface area contributed by atoms with Crippen LogP contribution < -0.4 is 0 Å². The van der Waals surface area contributed by atoms with E-state index in [1.165, 1.54) is 22.3 Å². The molecule has 0 atom stereocenters. The molecule has 0 unspecified atom stereocenters. The van der Waals surface area contributed by atoms with Crippen LogP contribution in [0.15, 0.2) is 12.1 Å². The highest BCUT2D eigenvalue weighted by molar-refractivity contribution is 6.18. The molecule has 0 spiro atoms. The largest absolute Gasteiger partial charge is 0.341 e. The van der Waals surface area contributed by atoms with Crippen LogP contribution in [0.5, 0.6) is 0 Å². The minimum absolute atomic E-state index is 0.0950. The molecule has 1 amide bonds. The third kappa shape index (κ3) is 3.74. The van der Waals surface area contributed by atoms with Crippen molar-refractivity contribution in [2.24, 2.45) is 0 Å². The Labute approximate surface area is 109 Å². The highest BCUT2D eigenvalue weighted by Gasteiger charge is 2.10. The molecule has 0 aliphatic carbocycles. The van der Waals surface area contributed by atoms with Gasteiger partial charge < -0.3 is 4.90 Å². The smallest absolute Gasteiger partial charge is 0.223 e. The molecule has 0 heterocycles. The third-order valence-corrected chi connectivity index (χ3v) is 3.28. The van der Waals surface area contributed by atoms with E-state index in [4.69, 9.17) is 11.6 Å². The van der Waals surface area contributed by atoms with Crippen LogP contribution in [0.4, 0.5) is 0 Å². The van der Waals surface area contributed by atoms with Gasteiger partial charge in [-0.3, -0.25) is 4.79 Å². The van der Waals surface area contributed by atoms with Gasteiger partial charge in [-0.05, 0) is 43.0 Å². The maximum atomic E-state index is 11.7. The van der Waals surface area contributed by atoms with Gasteiger partial charge in [-0.1, -0.05) is 12.1 Å². The summed E-state index contributed by atoms with van der Waals surface area (Å²) in [6.45, 7) is 6.94. The van der Waals surface area contributed by atoms with E-state index in [1.807, 2.05) is 7.05 Å². The Balaban J connectivity index is 2.81. The molecule has 94 valence electrons. The maximum Gasteiger partial charge on any atom is 0.223 e. The predicted molar refractivity (Wildman–Crippen MR) is 72.5 cm³/mol. The Morgan fingerprint density at radius 1 is 1.18 bits per heavy atom. The number of carbonyl (C=O) groups is 1. The zero-order chi connectivity index (χ0) is 13.0. The van der Waals surface area contributed by atoms with Crippen molar-refractivity contribution in [3.05, 3.63) is 34.4 Å². The van der Waals surface area contributed by atoms with E-state index in [0.717, 1.165) is 0 Å². The van der Waals surface area contributed by atoms with Gasteiger partial charge in [-0.15, -0.1) is 11.6 Å². The van der Waals surface area contributed by atoms with Gasteiger partial charge in [-0.2, -0.15) is 0 Å². The van der Waals surface area contributed by atoms with Gasteiger partial charge in [0.1, 0.15) is 0 Å². The summed E-state index contributed by atoms with van der Waals surface area (Å²) in [5.74, 6) is 0.479. The van der Waals surface area contributed by atoms with Crippen molar-refractivity contribution in [1.29, 1.82) is 0 Å². The maximum absolute atomic E-state index is 11.7. The second kappa shape index (κ2) is 6.06. The number of nitrogens with zero attached hydrogens (tertiary/aromatic N) is 1. The van der Waals surface area contributed by atoms with Crippen LogP contribution in [0.2, 0.25) is 0 Å². The molecule has 0 saturated carbocycles. The lowest BCUT2D eigenvalue weighted by Crippen LogP contribution is -2.26. The first-order valence-electron chi connectivity index (χ1n) is 5.82. The fourth-order valence-electron chi connectivity index (χ4n) is 1.81. The summed E-state index contributed by atoms with van der Waals surface area (Å²) < 4.78 is 0. The molecule has 0 bridgehead atoms. The second-order valence-corrected chi connectivity index (χ2v) is 4.93. The number of hydrogen-bond acceptors (Lipinski definition) is 1. The number of amides is 1. The Kier molecular flexibility index (Phi) is 5.01. The highest BCUT2D eigenvalue weighted by atomic mass is 35.5. The summed E-state index contributed by atoms with van der Waals surface area (Å²) in [6.07, 6.45) is 0.405. The Hall–Kier alpha value is -1.02. The van der Waals surface area contributed by atoms with Crippen molar-refractivity contribution in [3.63, 3.8) is 0 Å². The molecule has 0 aliphatic heterocycles. The summed E-state index contributed by atoms with van der Waals surface area (Å²) in [4.78, 5) is 13.4. The monoisotopic (exact) mass is 253 g/mol. The third-order valence-electron chi connectivity index (χ3n) is 3.09. The van der Waals surface area contributed by atoms with Gasteiger partial charge in [0.05, 0.1) is 0 Å². The Morgan fingerprint density at radius 3 is 2.35 bits per heavy atom.